The molecule has 0 unspecified atom stereocenters. The maximum absolute atomic E-state index is 13.1. The van der Waals surface area contributed by atoms with Crippen LogP contribution in [0.1, 0.15) is 21.5 Å². The molecule has 2 rings (SSSR count). The van der Waals surface area contributed by atoms with Gasteiger partial charge in [0.05, 0.1) is 0 Å². The second-order valence-electron chi connectivity index (χ2n) is 4.39. The number of aryl methyl sites for hydroxylation is 1. The van der Waals surface area contributed by atoms with Crippen molar-refractivity contribution in [1.82, 2.24) is 5.32 Å². The number of benzene rings is 2. The molecule has 0 fully saturated rings. The minimum absolute atomic E-state index is 0.231. The summed E-state index contributed by atoms with van der Waals surface area (Å²) in [4.78, 5) is 11.9. The molecule has 0 radical (unpaired) electrons. The summed E-state index contributed by atoms with van der Waals surface area (Å²) in [6.07, 6.45) is 0. The Bertz CT molecular complexity index is 611. The van der Waals surface area contributed by atoms with E-state index in [1.54, 1.807) is 19.1 Å². The first-order chi connectivity index (χ1) is 9.06. The Morgan fingerprint density at radius 2 is 2.05 bits per heavy atom. The fraction of sp³-hybridized carbons (Fsp3) is 0.133. The molecule has 0 bridgehead atoms. The summed E-state index contributed by atoms with van der Waals surface area (Å²) in [5.41, 5.74) is 8.14. The number of nitrogen functional groups attached to an aromatic ring is 1. The number of amides is 1. The fourth-order valence-electron chi connectivity index (χ4n) is 1.77. The molecule has 0 aliphatic heterocycles. The van der Waals surface area contributed by atoms with Gasteiger partial charge in [-0.05, 0) is 48.4 Å². The van der Waals surface area contributed by atoms with Crippen LogP contribution in [-0.4, -0.2) is 5.91 Å². The quantitative estimate of drug-likeness (QED) is 0.831. The van der Waals surface area contributed by atoms with Crippen molar-refractivity contribution in [1.29, 1.82) is 0 Å². The average Bonchev–Trinajstić information content (AvgIpc) is 2.39. The summed E-state index contributed by atoms with van der Waals surface area (Å²) in [5, 5.41) is 2.77. The molecular formula is C15H15FN2O. The SMILES string of the molecule is Cc1cc(C(=O)NCc2cccc(N)c2)ccc1F. The van der Waals surface area contributed by atoms with Gasteiger partial charge in [0.2, 0.25) is 0 Å². The van der Waals surface area contributed by atoms with Gasteiger partial charge in [0.25, 0.3) is 5.91 Å². The van der Waals surface area contributed by atoms with E-state index in [0.717, 1.165) is 5.56 Å². The molecule has 2 aromatic rings. The molecule has 3 nitrogen and oxygen atoms in total. The monoisotopic (exact) mass is 258 g/mol. The third-order valence-corrected chi connectivity index (χ3v) is 2.82. The van der Waals surface area contributed by atoms with Crippen molar-refractivity contribution in [3.63, 3.8) is 0 Å². The Kier molecular flexibility index (Phi) is 3.80. The van der Waals surface area contributed by atoms with Crippen LogP contribution >= 0.6 is 0 Å². The molecule has 2 aromatic carbocycles. The summed E-state index contributed by atoms with van der Waals surface area (Å²) in [6, 6.07) is 11.6. The summed E-state index contributed by atoms with van der Waals surface area (Å²) in [7, 11) is 0. The normalized spacial score (nSPS) is 10.2. The van der Waals surface area contributed by atoms with E-state index in [0.29, 0.717) is 23.4 Å². The Morgan fingerprint density at radius 3 is 2.74 bits per heavy atom. The van der Waals surface area contributed by atoms with E-state index in [-0.39, 0.29) is 11.7 Å². The predicted molar refractivity (Wildman–Crippen MR) is 73.2 cm³/mol. The molecule has 1 amide bonds. The van der Waals surface area contributed by atoms with Gasteiger partial charge in [-0.3, -0.25) is 4.79 Å². The lowest BCUT2D eigenvalue weighted by Crippen LogP contribution is -2.22. The third-order valence-electron chi connectivity index (χ3n) is 2.82. The van der Waals surface area contributed by atoms with Gasteiger partial charge < -0.3 is 11.1 Å². The molecule has 4 heteroatoms. The van der Waals surface area contributed by atoms with Crippen LogP contribution in [0.15, 0.2) is 42.5 Å². The second-order valence-corrected chi connectivity index (χ2v) is 4.39. The van der Waals surface area contributed by atoms with Gasteiger partial charge in [-0.25, -0.2) is 4.39 Å². The van der Waals surface area contributed by atoms with Crippen LogP contribution in [0.25, 0.3) is 0 Å². The predicted octanol–water partition coefficient (Wildman–Crippen LogP) is 2.65. The molecule has 0 aliphatic rings. The van der Waals surface area contributed by atoms with Crippen LogP contribution in [0.4, 0.5) is 10.1 Å². The van der Waals surface area contributed by atoms with Crippen LogP contribution in [0, 0.1) is 12.7 Å². The van der Waals surface area contributed by atoms with E-state index in [2.05, 4.69) is 5.32 Å². The molecule has 0 spiro atoms. The number of nitrogens with one attached hydrogen (secondary N) is 1. The number of halogens is 1. The Balaban J connectivity index is 2.03. The number of hydrogen-bond donors (Lipinski definition) is 2. The third kappa shape index (κ3) is 3.31. The second kappa shape index (κ2) is 5.52. The van der Waals surface area contributed by atoms with E-state index in [9.17, 15) is 9.18 Å². The molecule has 98 valence electrons. The number of carbonyl (C=O) groups is 1. The van der Waals surface area contributed by atoms with Crippen molar-refractivity contribution < 1.29 is 9.18 Å². The smallest absolute Gasteiger partial charge is 0.251 e. The van der Waals surface area contributed by atoms with Crippen LogP contribution in [0.2, 0.25) is 0 Å². The number of nitrogens with two attached hydrogens (primary N) is 1. The van der Waals surface area contributed by atoms with Crippen LogP contribution < -0.4 is 11.1 Å². The van der Waals surface area contributed by atoms with Crippen molar-refractivity contribution in [2.24, 2.45) is 0 Å². The minimum atomic E-state index is -0.313. The maximum Gasteiger partial charge on any atom is 0.251 e. The standard InChI is InChI=1S/C15H15FN2O/c1-10-7-12(5-6-14(10)16)15(19)18-9-11-3-2-4-13(17)8-11/h2-8H,9,17H2,1H3,(H,18,19). The highest BCUT2D eigenvalue weighted by Crippen LogP contribution is 2.10. The molecule has 0 saturated heterocycles. The van der Waals surface area contributed by atoms with Gasteiger partial charge in [0.1, 0.15) is 5.82 Å². The summed E-state index contributed by atoms with van der Waals surface area (Å²) in [5.74, 6) is -0.544. The van der Waals surface area contributed by atoms with Gasteiger partial charge in [0, 0.05) is 17.8 Å². The fourth-order valence-corrected chi connectivity index (χ4v) is 1.77. The number of anilines is 1. The zero-order valence-corrected chi connectivity index (χ0v) is 10.6. The minimum Gasteiger partial charge on any atom is -0.399 e. The molecule has 3 N–H and O–H groups in total. The Morgan fingerprint density at radius 1 is 1.26 bits per heavy atom. The van der Waals surface area contributed by atoms with Gasteiger partial charge in [-0.15, -0.1) is 0 Å². The molecule has 0 aromatic heterocycles. The number of rotatable bonds is 3. The van der Waals surface area contributed by atoms with E-state index in [1.807, 2.05) is 12.1 Å². The van der Waals surface area contributed by atoms with Gasteiger partial charge >= 0.3 is 0 Å². The maximum atomic E-state index is 13.1. The number of hydrogen-bond acceptors (Lipinski definition) is 2. The van der Waals surface area contributed by atoms with Gasteiger partial charge in [-0.2, -0.15) is 0 Å². The largest absolute Gasteiger partial charge is 0.399 e. The highest BCUT2D eigenvalue weighted by atomic mass is 19.1. The first-order valence-corrected chi connectivity index (χ1v) is 5.95. The molecular weight excluding hydrogens is 243 g/mol. The van der Waals surface area contributed by atoms with E-state index in [4.69, 9.17) is 5.73 Å². The van der Waals surface area contributed by atoms with E-state index < -0.39 is 0 Å². The zero-order valence-electron chi connectivity index (χ0n) is 10.6. The molecule has 0 heterocycles. The zero-order chi connectivity index (χ0) is 13.8. The van der Waals surface area contributed by atoms with E-state index in [1.165, 1.54) is 18.2 Å². The topological polar surface area (TPSA) is 55.1 Å². The Labute approximate surface area is 111 Å². The van der Waals surface area contributed by atoms with Crippen LogP contribution in [0.5, 0.6) is 0 Å². The van der Waals surface area contributed by atoms with Gasteiger partial charge in [0.15, 0.2) is 0 Å². The van der Waals surface area contributed by atoms with Crippen molar-refractivity contribution >= 4 is 11.6 Å². The van der Waals surface area contributed by atoms with Crippen LogP contribution in [0.3, 0.4) is 0 Å². The first kappa shape index (κ1) is 13.1. The number of carbonyl (C=O) groups excluding carboxylic acids is 1. The molecule has 0 atom stereocenters. The lowest BCUT2D eigenvalue weighted by atomic mass is 10.1. The Hall–Kier alpha value is -2.36. The van der Waals surface area contributed by atoms with Crippen molar-refractivity contribution in [3.8, 4) is 0 Å². The molecule has 0 aliphatic carbocycles. The first-order valence-electron chi connectivity index (χ1n) is 5.95. The average molecular weight is 258 g/mol. The van der Waals surface area contributed by atoms with Crippen molar-refractivity contribution in [2.75, 3.05) is 5.73 Å². The summed E-state index contributed by atoms with van der Waals surface area (Å²) in [6.45, 7) is 2.02. The van der Waals surface area contributed by atoms with Gasteiger partial charge in [-0.1, -0.05) is 12.1 Å². The van der Waals surface area contributed by atoms with Crippen LogP contribution in [-0.2, 0) is 6.54 Å². The van der Waals surface area contributed by atoms with Crippen molar-refractivity contribution in [2.45, 2.75) is 13.5 Å². The molecule has 0 saturated carbocycles. The molecule has 19 heavy (non-hydrogen) atoms. The van der Waals surface area contributed by atoms with E-state index >= 15 is 0 Å². The lowest BCUT2D eigenvalue weighted by Gasteiger charge is -2.07. The highest BCUT2D eigenvalue weighted by molar-refractivity contribution is 5.94. The summed E-state index contributed by atoms with van der Waals surface area (Å²) >= 11 is 0. The van der Waals surface area contributed by atoms with Crippen molar-refractivity contribution in [3.05, 3.63) is 65.0 Å². The lowest BCUT2D eigenvalue weighted by molar-refractivity contribution is 0.0951. The summed E-state index contributed by atoms with van der Waals surface area (Å²) < 4.78 is 13.1. The highest BCUT2D eigenvalue weighted by Gasteiger charge is 2.07.